The van der Waals surface area contributed by atoms with Crippen LogP contribution in [0.15, 0.2) is 24.3 Å². The molecule has 1 aliphatic heterocycles. The molecule has 0 saturated carbocycles. The second-order valence-corrected chi connectivity index (χ2v) is 5.78. The SMILES string of the molecule is CC(C)(C(=O)N1CCC(CN)C1)c1cccc(F)c1. The van der Waals surface area contributed by atoms with Crippen LogP contribution in [0, 0.1) is 11.7 Å². The van der Waals surface area contributed by atoms with E-state index in [-0.39, 0.29) is 11.7 Å². The second-order valence-electron chi connectivity index (χ2n) is 5.78. The highest BCUT2D eigenvalue weighted by Gasteiger charge is 2.36. The number of hydrogen-bond donors (Lipinski definition) is 1. The molecule has 0 aromatic heterocycles. The molecular formula is C15H21FN2O. The van der Waals surface area contributed by atoms with Gasteiger partial charge in [0.05, 0.1) is 5.41 Å². The van der Waals surface area contributed by atoms with E-state index in [1.807, 2.05) is 18.7 Å². The quantitative estimate of drug-likeness (QED) is 0.906. The molecule has 19 heavy (non-hydrogen) atoms. The molecule has 1 aliphatic rings. The van der Waals surface area contributed by atoms with E-state index in [1.165, 1.54) is 12.1 Å². The fourth-order valence-electron chi connectivity index (χ4n) is 2.61. The first kappa shape index (κ1) is 14.0. The van der Waals surface area contributed by atoms with E-state index < -0.39 is 5.41 Å². The average Bonchev–Trinajstić information content (AvgIpc) is 2.86. The summed E-state index contributed by atoms with van der Waals surface area (Å²) in [6.45, 7) is 5.78. The number of amides is 1. The average molecular weight is 264 g/mol. The molecule has 0 bridgehead atoms. The molecule has 3 nitrogen and oxygen atoms in total. The first-order valence-electron chi connectivity index (χ1n) is 6.70. The zero-order valence-corrected chi connectivity index (χ0v) is 11.5. The van der Waals surface area contributed by atoms with Crippen molar-refractivity contribution in [3.8, 4) is 0 Å². The highest BCUT2D eigenvalue weighted by atomic mass is 19.1. The number of carbonyl (C=O) groups excluding carboxylic acids is 1. The Morgan fingerprint density at radius 1 is 1.53 bits per heavy atom. The largest absolute Gasteiger partial charge is 0.342 e. The molecular weight excluding hydrogens is 243 g/mol. The molecule has 1 saturated heterocycles. The fourth-order valence-corrected chi connectivity index (χ4v) is 2.61. The molecule has 0 radical (unpaired) electrons. The molecule has 1 amide bonds. The summed E-state index contributed by atoms with van der Waals surface area (Å²) in [6, 6.07) is 6.28. The predicted molar refractivity (Wildman–Crippen MR) is 73.2 cm³/mol. The highest BCUT2D eigenvalue weighted by Crippen LogP contribution is 2.28. The molecule has 2 N–H and O–H groups in total. The number of rotatable bonds is 3. The third-order valence-electron chi connectivity index (χ3n) is 3.99. The summed E-state index contributed by atoms with van der Waals surface area (Å²) >= 11 is 0. The molecule has 1 fully saturated rings. The van der Waals surface area contributed by atoms with Crippen molar-refractivity contribution in [2.45, 2.75) is 25.7 Å². The Hall–Kier alpha value is -1.42. The standard InChI is InChI=1S/C15H21FN2O/c1-15(2,12-4-3-5-13(16)8-12)14(19)18-7-6-11(9-17)10-18/h3-5,8,11H,6-7,9-10,17H2,1-2H3. The number of nitrogens with zero attached hydrogens (tertiary/aromatic N) is 1. The number of likely N-dealkylation sites (tertiary alicyclic amines) is 1. The van der Waals surface area contributed by atoms with Crippen molar-refractivity contribution in [3.05, 3.63) is 35.6 Å². The van der Waals surface area contributed by atoms with E-state index in [0.29, 0.717) is 24.6 Å². The predicted octanol–water partition coefficient (Wildman–Crippen LogP) is 1.91. The minimum atomic E-state index is -0.703. The minimum Gasteiger partial charge on any atom is -0.342 e. The fraction of sp³-hybridized carbons (Fsp3) is 0.533. The van der Waals surface area contributed by atoms with Crippen LogP contribution in [0.25, 0.3) is 0 Å². The monoisotopic (exact) mass is 264 g/mol. The van der Waals surface area contributed by atoms with Crippen molar-refractivity contribution in [2.24, 2.45) is 11.7 Å². The van der Waals surface area contributed by atoms with Crippen molar-refractivity contribution >= 4 is 5.91 Å². The number of carbonyl (C=O) groups is 1. The summed E-state index contributed by atoms with van der Waals surface area (Å²) in [6.07, 6.45) is 0.960. The van der Waals surface area contributed by atoms with Crippen LogP contribution in [0.2, 0.25) is 0 Å². The first-order chi connectivity index (χ1) is 8.95. The lowest BCUT2D eigenvalue weighted by atomic mass is 9.83. The number of nitrogens with two attached hydrogens (primary N) is 1. The van der Waals surface area contributed by atoms with Gasteiger partial charge in [0.15, 0.2) is 0 Å². The van der Waals surface area contributed by atoms with Crippen molar-refractivity contribution in [3.63, 3.8) is 0 Å². The molecule has 1 atom stereocenters. The molecule has 4 heteroatoms. The maximum atomic E-state index is 13.3. The molecule has 1 unspecified atom stereocenters. The summed E-state index contributed by atoms with van der Waals surface area (Å²) in [4.78, 5) is 14.5. The third kappa shape index (κ3) is 2.78. The normalized spacial score (nSPS) is 19.8. The summed E-state index contributed by atoms with van der Waals surface area (Å²) < 4.78 is 13.3. The van der Waals surface area contributed by atoms with E-state index in [0.717, 1.165) is 13.0 Å². The Bertz CT molecular complexity index is 473. The van der Waals surface area contributed by atoms with Crippen LogP contribution in [0.3, 0.4) is 0 Å². The maximum absolute atomic E-state index is 13.3. The van der Waals surface area contributed by atoms with Gasteiger partial charge in [0.25, 0.3) is 0 Å². The van der Waals surface area contributed by atoms with Gasteiger partial charge in [0.1, 0.15) is 5.82 Å². The van der Waals surface area contributed by atoms with E-state index in [9.17, 15) is 9.18 Å². The Labute approximate surface area is 113 Å². The van der Waals surface area contributed by atoms with Crippen LogP contribution in [0.1, 0.15) is 25.8 Å². The summed E-state index contributed by atoms with van der Waals surface area (Å²) in [5, 5.41) is 0. The molecule has 0 spiro atoms. The van der Waals surface area contributed by atoms with Gasteiger partial charge in [0.2, 0.25) is 5.91 Å². The van der Waals surface area contributed by atoms with Crippen LogP contribution in [-0.4, -0.2) is 30.4 Å². The van der Waals surface area contributed by atoms with Crippen LogP contribution in [-0.2, 0) is 10.2 Å². The summed E-state index contributed by atoms with van der Waals surface area (Å²) in [5.41, 5.74) is 5.66. The molecule has 1 aromatic rings. The zero-order chi connectivity index (χ0) is 14.0. The van der Waals surface area contributed by atoms with Crippen molar-refractivity contribution in [1.82, 2.24) is 4.90 Å². The number of benzene rings is 1. The lowest BCUT2D eigenvalue weighted by Gasteiger charge is -2.29. The molecule has 1 aromatic carbocycles. The zero-order valence-electron chi connectivity index (χ0n) is 11.5. The van der Waals surface area contributed by atoms with Crippen molar-refractivity contribution < 1.29 is 9.18 Å². The van der Waals surface area contributed by atoms with Gasteiger partial charge >= 0.3 is 0 Å². The summed E-state index contributed by atoms with van der Waals surface area (Å²) in [7, 11) is 0. The van der Waals surface area contributed by atoms with Gasteiger partial charge in [-0.05, 0) is 50.4 Å². The Morgan fingerprint density at radius 3 is 2.84 bits per heavy atom. The Kier molecular flexibility index (Phi) is 3.90. The Balaban J connectivity index is 2.17. The lowest BCUT2D eigenvalue weighted by Crippen LogP contribution is -2.42. The van der Waals surface area contributed by atoms with E-state index in [4.69, 9.17) is 5.73 Å². The van der Waals surface area contributed by atoms with Gasteiger partial charge < -0.3 is 10.6 Å². The van der Waals surface area contributed by atoms with E-state index in [2.05, 4.69) is 0 Å². The van der Waals surface area contributed by atoms with Crippen LogP contribution in [0.4, 0.5) is 4.39 Å². The van der Waals surface area contributed by atoms with Gasteiger partial charge in [-0.2, -0.15) is 0 Å². The number of halogens is 1. The van der Waals surface area contributed by atoms with Crippen LogP contribution >= 0.6 is 0 Å². The van der Waals surface area contributed by atoms with Crippen molar-refractivity contribution in [1.29, 1.82) is 0 Å². The minimum absolute atomic E-state index is 0.0500. The number of hydrogen-bond acceptors (Lipinski definition) is 2. The van der Waals surface area contributed by atoms with E-state index >= 15 is 0 Å². The molecule has 1 heterocycles. The Morgan fingerprint density at radius 2 is 2.26 bits per heavy atom. The van der Waals surface area contributed by atoms with Crippen LogP contribution < -0.4 is 5.73 Å². The molecule has 2 rings (SSSR count). The second kappa shape index (κ2) is 5.29. The maximum Gasteiger partial charge on any atom is 0.232 e. The van der Waals surface area contributed by atoms with Gasteiger partial charge in [-0.25, -0.2) is 4.39 Å². The smallest absolute Gasteiger partial charge is 0.232 e. The topological polar surface area (TPSA) is 46.3 Å². The molecule has 0 aliphatic carbocycles. The van der Waals surface area contributed by atoms with E-state index in [1.54, 1.807) is 12.1 Å². The van der Waals surface area contributed by atoms with Gasteiger partial charge in [-0.3, -0.25) is 4.79 Å². The van der Waals surface area contributed by atoms with Crippen molar-refractivity contribution in [2.75, 3.05) is 19.6 Å². The summed E-state index contributed by atoms with van der Waals surface area (Å²) in [5.74, 6) is 0.140. The lowest BCUT2D eigenvalue weighted by molar-refractivity contribution is -0.135. The van der Waals surface area contributed by atoms with Gasteiger partial charge in [0, 0.05) is 13.1 Å². The van der Waals surface area contributed by atoms with Gasteiger partial charge in [-0.1, -0.05) is 12.1 Å². The first-order valence-corrected chi connectivity index (χ1v) is 6.70. The van der Waals surface area contributed by atoms with Crippen LogP contribution in [0.5, 0.6) is 0 Å². The highest BCUT2D eigenvalue weighted by molar-refractivity contribution is 5.87. The van der Waals surface area contributed by atoms with Gasteiger partial charge in [-0.15, -0.1) is 0 Å². The molecule has 104 valence electrons. The third-order valence-corrected chi connectivity index (χ3v) is 3.99.